The Hall–Kier alpha value is -1.88. The standard InChI is InChI=1S/C10H8ClN3O2/c11-8-4-2-1-3-7(8)6-14-10(16)13-9(15)5-12-14/h1-5H,6H2,(H,13,15,16). The molecule has 1 aromatic carbocycles. The van der Waals surface area contributed by atoms with Crippen molar-refractivity contribution in [1.82, 2.24) is 14.8 Å². The van der Waals surface area contributed by atoms with Gasteiger partial charge in [0.1, 0.15) is 6.20 Å². The number of aromatic nitrogens is 3. The predicted molar refractivity (Wildman–Crippen MR) is 59.7 cm³/mol. The zero-order valence-electron chi connectivity index (χ0n) is 8.18. The lowest BCUT2D eigenvalue weighted by atomic mass is 10.2. The van der Waals surface area contributed by atoms with Crippen LogP contribution in [0.25, 0.3) is 0 Å². The van der Waals surface area contributed by atoms with Crippen LogP contribution in [0.4, 0.5) is 0 Å². The second kappa shape index (κ2) is 4.32. The maximum Gasteiger partial charge on any atom is 0.345 e. The number of hydrogen-bond acceptors (Lipinski definition) is 3. The van der Waals surface area contributed by atoms with Gasteiger partial charge in [-0.25, -0.2) is 9.48 Å². The van der Waals surface area contributed by atoms with Crippen LogP contribution in [0.2, 0.25) is 5.02 Å². The molecule has 1 aromatic heterocycles. The highest BCUT2D eigenvalue weighted by Gasteiger charge is 2.02. The minimum Gasteiger partial charge on any atom is -0.271 e. The molecule has 0 radical (unpaired) electrons. The van der Waals surface area contributed by atoms with Crippen LogP contribution in [0.1, 0.15) is 5.56 Å². The van der Waals surface area contributed by atoms with Crippen molar-refractivity contribution in [3.8, 4) is 0 Å². The average molecular weight is 238 g/mol. The van der Waals surface area contributed by atoms with Crippen molar-refractivity contribution in [2.24, 2.45) is 0 Å². The molecule has 1 N–H and O–H groups in total. The third kappa shape index (κ3) is 2.20. The first-order valence-corrected chi connectivity index (χ1v) is 4.94. The molecule has 82 valence electrons. The van der Waals surface area contributed by atoms with Gasteiger partial charge in [0, 0.05) is 5.02 Å². The molecule has 5 nitrogen and oxygen atoms in total. The van der Waals surface area contributed by atoms with Crippen LogP contribution in [0, 0.1) is 0 Å². The topological polar surface area (TPSA) is 67.8 Å². The lowest BCUT2D eigenvalue weighted by molar-refractivity contribution is 0.607. The predicted octanol–water partition coefficient (Wildman–Crippen LogP) is 0.633. The highest BCUT2D eigenvalue weighted by molar-refractivity contribution is 6.31. The minimum absolute atomic E-state index is 0.231. The third-order valence-electron chi connectivity index (χ3n) is 2.06. The number of rotatable bonds is 2. The van der Waals surface area contributed by atoms with Crippen LogP contribution in [-0.2, 0) is 6.54 Å². The van der Waals surface area contributed by atoms with Crippen molar-refractivity contribution in [1.29, 1.82) is 0 Å². The number of halogens is 1. The number of benzene rings is 1. The number of aromatic amines is 1. The van der Waals surface area contributed by atoms with E-state index in [0.717, 1.165) is 16.4 Å². The number of H-pyrrole nitrogens is 1. The fourth-order valence-electron chi connectivity index (χ4n) is 1.28. The van der Waals surface area contributed by atoms with Crippen molar-refractivity contribution in [2.45, 2.75) is 6.54 Å². The Labute approximate surface area is 95.3 Å². The fraction of sp³-hybridized carbons (Fsp3) is 0.100. The van der Waals surface area contributed by atoms with Gasteiger partial charge in [0.25, 0.3) is 5.56 Å². The molecule has 0 fully saturated rings. The molecule has 2 rings (SSSR count). The van der Waals surface area contributed by atoms with Crippen molar-refractivity contribution in [2.75, 3.05) is 0 Å². The van der Waals surface area contributed by atoms with Crippen LogP contribution in [-0.4, -0.2) is 14.8 Å². The van der Waals surface area contributed by atoms with Crippen LogP contribution < -0.4 is 11.2 Å². The van der Waals surface area contributed by atoms with E-state index in [1.807, 2.05) is 6.07 Å². The van der Waals surface area contributed by atoms with Gasteiger partial charge in [-0.2, -0.15) is 5.10 Å². The zero-order chi connectivity index (χ0) is 11.5. The molecule has 16 heavy (non-hydrogen) atoms. The summed E-state index contributed by atoms with van der Waals surface area (Å²) in [5.41, 5.74) is -0.293. The molecule has 6 heteroatoms. The molecule has 0 amide bonds. The maximum atomic E-state index is 11.4. The van der Waals surface area contributed by atoms with Gasteiger partial charge in [-0.1, -0.05) is 29.8 Å². The van der Waals surface area contributed by atoms with Crippen LogP contribution in [0.15, 0.2) is 40.1 Å². The summed E-state index contributed by atoms with van der Waals surface area (Å²) in [6.45, 7) is 0.231. The van der Waals surface area contributed by atoms with Crippen LogP contribution in [0.3, 0.4) is 0 Å². The Morgan fingerprint density at radius 2 is 2.06 bits per heavy atom. The third-order valence-corrected chi connectivity index (χ3v) is 2.43. The molecule has 0 saturated carbocycles. The summed E-state index contributed by atoms with van der Waals surface area (Å²) in [6.07, 6.45) is 1.05. The Bertz CT molecular complexity index is 618. The van der Waals surface area contributed by atoms with Gasteiger partial charge in [0.2, 0.25) is 0 Å². The number of hydrogen-bond donors (Lipinski definition) is 1. The van der Waals surface area contributed by atoms with E-state index in [1.165, 1.54) is 0 Å². The monoisotopic (exact) mass is 237 g/mol. The molecule has 0 spiro atoms. The van der Waals surface area contributed by atoms with E-state index >= 15 is 0 Å². The largest absolute Gasteiger partial charge is 0.345 e. The molecule has 0 saturated heterocycles. The van der Waals surface area contributed by atoms with Crippen LogP contribution in [0.5, 0.6) is 0 Å². The van der Waals surface area contributed by atoms with Gasteiger partial charge in [0.05, 0.1) is 6.54 Å². The molecular weight excluding hydrogens is 230 g/mol. The summed E-state index contributed by atoms with van der Waals surface area (Å²) >= 11 is 5.94. The van der Waals surface area contributed by atoms with Crippen molar-refractivity contribution >= 4 is 11.6 Å². The van der Waals surface area contributed by atoms with E-state index in [9.17, 15) is 9.59 Å². The normalized spacial score (nSPS) is 10.3. The minimum atomic E-state index is -0.549. The SMILES string of the molecule is O=c1cnn(Cc2ccccc2Cl)c(=O)[nH]1. The molecule has 0 aliphatic heterocycles. The van der Waals surface area contributed by atoms with Crippen LogP contribution >= 0.6 is 11.6 Å². The smallest absolute Gasteiger partial charge is 0.271 e. The highest BCUT2D eigenvalue weighted by Crippen LogP contribution is 2.14. The summed E-state index contributed by atoms with van der Waals surface area (Å²) in [5.74, 6) is 0. The average Bonchev–Trinajstić information content (AvgIpc) is 2.25. The van der Waals surface area contributed by atoms with E-state index in [-0.39, 0.29) is 6.54 Å². The zero-order valence-corrected chi connectivity index (χ0v) is 8.94. The summed E-state index contributed by atoms with van der Waals surface area (Å²) in [7, 11) is 0. The Balaban J connectivity index is 2.38. The second-order valence-electron chi connectivity index (χ2n) is 3.19. The molecule has 0 unspecified atom stereocenters. The highest BCUT2D eigenvalue weighted by atomic mass is 35.5. The van der Waals surface area contributed by atoms with Crippen molar-refractivity contribution in [3.63, 3.8) is 0 Å². The first-order valence-electron chi connectivity index (χ1n) is 4.56. The molecule has 0 bridgehead atoms. The first kappa shape index (κ1) is 10.6. The molecule has 0 aliphatic carbocycles. The van der Waals surface area contributed by atoms with Gasteiger partial charge in [-0.3, -0.25) is 9.78 Å². The van der Waals surface area contributed by atoms with Gasteiger partial charge in [0.15, 0.2) is 0 Å². The maximum absolute atomic E-state index is 11.4. The molecule has 0 atom stereocenters. The van der Waals surface area contributed by atoms with E-state index in [1.54, 1.807) is 18.2 Å². The molecule has 1 heterocycles. The van der Waals surface area contributed by atoms with Gasteiger partial charge < -0.3 is 0 Å². The van der Waals surface area contributed by atoms with Gasteiger partial charge >= 0.3 is 5.69 Å². The number of nitrogens with one attached hydrogen (secondary N) is 1. The molecular formula is C10H8ClN3O2. The van der Waals surface area contributed by atoms with Gasteiger partial charge in [-0.15, -0.1) is 0 Å². The fourth-order valence-corrected chi connectivity index (χ4v) is 1.47. The lowest BCUT2D eigenvalue weighted by Crippen LogP contribution is -2.31. The molecule has 0 aliphatic rings. The van der Waals surface area contributed by atoms with Crippen molar-refractivity contribution < 1.29 is 0 Å². The summed E-state index contributed by atoms with van der Waals surface area (Å²) in [6, 6.07) is 7.14. The van der Waals surface area contributed by atoms with E-state index in [4.69, 9.17) is 11.6 Å². The summed E-state index contributed by atoms with van der Waals surface area (Å²) in [5, 5.41) is 4.27. The Kier molecular flexibility index (Phi) is 2.87. The summed E-state index contributed by atoms with van der Waals surface area (Å²) in [4.78, 5) is 24.3. The summed E-state index contributed by atoms with van der Waals surface area (Å²) < 4.78 is 1.14. The van der Waals surface area contributed by atoms with E-state index < -0.39 is 11.2 Å². The van der Waals surface area contributed by atoms with E-state index in [2.05, 4.69) is 10.1 Å². The Morgan fingerprint density at radius 3 is 2.75 bits per heavy atom. The first-order chi connectivity index (χ1) is 7.66. The molecule has 2 aromatic rings. The number of nitrogens with zero attached hydrogens (tertiary/aromatic N) is 2. The van der Waals surface area contributed by atoms with E-state index in [0.29, 0.717) is 5.02 Å². The lowest BCUT2D eigenvalue weighted by Gasteiger charge is -2.04. The van der Waals surface area contributed by atoms with Crippen molar-refractivity contribution in [3.05, 3.63) is 61.9 Å². The second-order valence-corrected chi connectivity index (χ2v) is 3.60. The quantitative estimate of drug-likeness (QED) is 0.833. The van der Waals surface area contributed by atoms with Gasteiger partial charge in [-0.05, 0) is 11.6 Å². The Morgan fingerprint density at radius 1 is 1.31 bits per heavy atom.